The lowest BCUT2D eigenvalue weighted by Crippen LogP contribution is -2.12. The fourth-order valence-corrected chi connectivity index (χ4v) is 3.24. The van der Waals surface area contributed by atoms with Gasteiger partial charge in [-0.25, -0.2) is 0 Å². The van der Waals surface area contributed by atoms with E-state index in [0.717, 1.165) is 14.9 Å². The Hall–Kier alpha value is -2.12. The van der Waals surface area contributed by atoms with Crippen molar-refractivity contribution < 1.29 is 9.21 Å². The summed E-state index contributed by atoms with van der Waals surface area (Å²) < 4.78 is 6.40. The molecule has 122 valence electrons. The van der Waals surface area contributed by atoms with Gasteiger partial charge in [0.15, 0.2) is 0 Å². The van der Waals surface area contributed by atoms with Gasteiger partial charge in [0.05, 0.1) is 0 Å². The number of rotatable bonds is 6. The second-order valence-corrected chi connectivity index (χ2v) is 6.97. The molecule has 3 aromatic rings. The highest BCUT2D eigenvalue weighted by Crippen LogP contribution is 2.23. The predicted molar refractivity (Wildman–Crippen MR) is 97.8 cm³/mol. The number of halogens is 1. The van der Waals surface area contributed by atoms with Crippen LogP contribution < -0.4 is 5.32 Å². The van der Waals surface area contributed by atoms with Crippen LogP contribution in [-0.4, -0.2) is 21.9 Å². The zero-order chi connectivity index (χ0) is 16.8. The summed E-state index contributed by atoms with van der Waals surface area (Å²) in [6.07, 6.45) is 0.369. The fraction of sp³-hybridized carbons (Fsp3) is 0.118. The van der Waals surface area contributed by atoms with Gasteiger partial charge in [-0.15, -0.1) is 16.9 Å². The molecule has 5 nitrogen and oxygen atoms in total. The van der Waals surface area contributed by atoms with Crippen molar-refractivity contribution in [3.63, 3.8) is 0 Å². The van der Waals surface area contributed by atoms with E-state index in [2.05, 4.69) is 31.4 Å². The van der Waals surface area contributed by atoms with Crippen LogP contribution in [0.4, 0.5) is 6.01 Å². The highest BCUT2D eigenvalue weighted by atomic mass is 79.9. The van der Waals surface area contributed by atoms with E-state index >= 15 is 0 Å². The molecule has 0 unspecified atom stereocenters. The number of amides is 1. The van der Waals surface area contributed by atoms with Crippen molar-refractivity contribution in [1.82, 2.24) is 10.2 Å². The van der Waals surface area contributed by atoms with Crippen molar-refractivity contribution in [2.24, 2.45) is 0 Å². The van der Waals surface area contributed by atoms with Gasteiger partial charge in [-0.3, -0.25) is 10.1 Å². The number of aromatic nitrogens is 2. The molecular weight excluding hydrogens is 390 g/mol. The Morgan fingerprint density at radius 1 is 1.12 bits per heavy atom. The second-order valence-electron chi connectivity index (χ2n) is 4.88. The van der Waals surface area contributed by atoms with E-state index in [-0.39, 0.29) is 11.9 Å². The Morgan fingerprint density at radius 2 is 1.96 bits per heavy atom. The first kappa shape index (κ1) is 16.7. The maximum Gasteiger partial charge on any atom is 0.322 e. The minimum absolute atomic E-state index is 0.111. The summed E-state index contributed by atoms with van der Waals surface area (Å²) in [5.74, 6) is 0.899. The Labute approximate surface area is 152 Å². The largest absolute Gasteiger partial charge is 0.403 e. The molecule has 0 aliphatic rings. The number of carbonyl (C=O) groups is 1. The van der Waals surface area contributed by atoms with E-state index in [9.17, 15) is 4.79 Å². The molecule has 0 aliphatic carbocycles. The van der Waals surface area contributed by atoms with E-state index in [1.807, 2.05) is 54.6 Å². The predicted octanol–water partition coefficient (Wildman–Crippen LogP) is 4.62. The minimum Gasteiger partial charge on any atom is -0.403 e. The summed E-state index contributed by atoms with van der Waals surface area (Å²) in [6, 6.07) is 17.6. The van der Waals surface area contributed by atoms with Crippen LogP contribution in [0.1, 0.15) is 6.42 Å². The molecule has 1 aromatic heterocycles. The van der Waals surface area contributed by atoms with Crippen LogP contribution in [0.5, 0.6) is 0 Å². The third kappa shape index (κ3) is 4.69. The Balaban J connectivity index is 1.52. The summed E-state index contributed by atoms with van der Waals surface area (Å²) in [7, 11) is 0. The first-order chi connectivity index (χ1) is 11.7. The lowest BCUT2D eigenvalue weighted by molar-refractivity contribution is -0.115. The SMILES string of the molecule is O=C(CCSc1ccccc1)Nc1nnc(-c2cccc(Br)c2)o1. The highest BCUT2D eigenvalue weighted by Gasteiger charge is 2.11. The topological polar surface area (TPSA) is 68.0 Å². The molecule has 7 heteroatoms. The standard InChI is InChI=1S/C17H14BrN3O2S/c18-13-6-4-5-12(11-13)16-20-21-17(23-16)19-15(22)9-10-24-14-7-2-1-3-8-14/h1-8,11H,9-10H2,(H,19,21,22). The number of carbonyl (C=O) groups excluding carboxylic acids is 1. The lowest BCUT2D eigenvalue weighted by Gasteiger charge is -2.01. The zero-order valence-electron chi connectivity index (χ0n) is 12.6. The van der Waals surface area contributed by atoms with Gasteiger partial charge in [0.25, 0.3) is 0 Å². The number of thioether (sulfide) groups is 1. The van der Waals surface area contributed by atoms with Gasteiger partial charge < -0.3 is 4.42 Å². The van der Waals surface area contributed by atoms with Crippen molar-refractivity contribution in [3.8, 4) is 11.5 Å². The minimum atomic E-state index is -0.150. The highest BCUT2D eigenvalue weighted by molar-refractivity contribution is 9.10. The van der Waals surface area contributed by atoms with Crippen LogP contribution in [0.2, 0.25) is 0 Å². The molecule has 0 spiro atoms. The Morgan fingerprint density at radius 3 is 2.75 bits per heavy atom. The quantitative estimate of drug-likeness (QED) is 0.608. The number of nitrogens with zero attached hydrogens (tertiary/aromatic N) is 2. The second kappa shape index (κ2) is 8.12. The molecule has 1 amide bonds. The van der Waals surface area contributed by atoms with Crippen LogP contribution in [0.3, 0.4) is 0 Å². The van der Waals surface area contributed by atoms with Gasteiger partial charge in [0.2, 0.25) is 11.8 Å². The van der Waals surface area contributed by atoms with Crippen LogP contribution in [0.15, 0.2) is 68.4 Å². The normalized spacial score (nSPS) is 10.5. The van der Waals surface area contributed by atoms with Crippen LogP contribution in [0, 0.1) is 0 Å². The van der Waals surface area contributed by atoms with E-state index in [1.54, 1.807) is 11.8 Å². The molecular formula is C17H14BrN3O2S. The van der Waals surface area contributed by atoms with Crippen molar-refractivity contribution in [2.75, 3.05) is 11.1 Å². The number of anilines is 1. The molecule has 0 bridgehead atoms. The number of nitrogens with one attached hydrogen (secondary N) is 1. The molecule has 0 saturated heterocycles. The van der Waals surface area contributed by atoms with Crippen molar-refractivity contribution in [1.29, 1.82) is 0 Å². The third-order valence-corrected chi connectivity index (χ3v) is 4.59. The molecule has 0 fully saturated rings. The average Bonchev–Trinajstić information content (AvgIpc) is 3.04. The summed E-state index contributed by atoms with van der Waals surface area (Å²) in [5, 5.41) is 10.4. The Kier molecular flexibility index (Phi) is 5.66. The van der Waals surface area contributed by atoms with Gasteiger partial charge in [0.1, 0.15) is 0 Å². The van der Waals surface area contributed by atoms with E-state index < -0.39 is 0 Å². The first-order valence-corrected chi connectivity index (χ1v) is 9.06. The molecule has 0 saturated carbocycles. The average molecular weight is 404 g/mol. The summed E-state index contributed by atoms with van der Waals surface area (Å²) in [5.41, 5.74) is 0.789. The van der Waals surface area contributed by atoms with Gasteiger partial charge >= 0.3 is 6.01 Å². The molecule has 1 heterocycles. The molecule has 3 rings (SSSR count). The molecule has 24 heavy (non-hydrogen) atoms. The van der Waals surface area contributed by atoms with Gasteiger partial charge in [-0.2, -0.15) is 0 Å². The maximum atomic E-state index is 11.9. The summed E-state index contributed by atoms with van der Waals surface area (Å²) in [6.45, 7) is 0. The van der Waals surface area contributed by atoms with E-state index in [0.29, 0.717) is 18.1 Å². The molecule has 0 aliphatic heterocycles. The third-order valence-electron chi connectivity index (χ3n) is 3.08. The zero-order valence-corrected chi connectivity index (χ0v) is 15.0. The molecule has 0 radical (unpaired) electrons. The van der Waals surface area contributed by atoms with Gasteiger partial charge in [-0.1, -0.05) is 45.3 Å². The number of hydrogen-bond donors (Lipinski definition) is 1. The van der Waals surface area contributed by atoms with E-state index in [4.69, 9.17) is 4.42 Å². The molecule has 2 aromatic carbocycles. The smallest absolute Gasteiger partial charge is 0.322 e. The van der Waals surface area contributed by atoms with Crippen LogP contribution in [-0.2, 0) is 4.79 Å². The summed E-state index contributed by atoms with van der Waals surface area (Å²) in [4.78, 5) is 13.1. The fourth-order valence-electron chi connectivity index (χ4n) is 1.97. The van der Waals surface area contributed by atoms with Crippen LogP contribution in [0.25, 0.3) is 11.5 Å². The van der Waals surface area contributed by atoms with E-state index in [1.165, 1.54) is 0 Å². The monoisotopic (exact) mass is 403 g/mol. The van der Waals surface area contributed by atoms with Crippen molar-refractivity contribution >= 4 is 39.6 Å². The first-order valence-electron chi connectivity index (χ1n) is 7.28. The lowest BCUT2D eigenvalue weighted by atomic mass is 10.2. The summed E-state index contributed by atoms with van der Waals surface area (Å²) >= 11 is 5.02. The van der Waals surface area contributed by atoms with Crippen molar-refractivity contribution in [2.45, 2.75) is 11.3 Å². The van der Waals surface area contributed by atoms with Crippen LogP contribution >= 0.6 is 27.7 Å². The molecule has 1 N–H and O–H groups in total. The van der Waals surface area contributed by atoms with Crippen molar-refractivity contribution in [3.05, 3.63) is 59.1 Å². The number of benzene rings is 2. The maximum absolute atomic E-state index is 11.9. The van der Waals surface area contributed by atoms with Gasteiger partial charge in [-0.05, 0) is 30.3 Å². The van der Waals surface area contributed by atoms with Gasteiger partial charge in [0, 0.05) is 27.1 Å². The molecule has 0 atom stereocenters. The Bertz CT molecular complexity index is 823. The number of hydrogen-bond acceptors (Lipinski definition) is 5.